The van der Waals surface area contributed by atoms with Gasteiger partial charge >= 0.3 is 35.5 Å². The Morgan fingerprint density at radius 2 is 2.10 bits per heavy atom. The molecule has 0 fully saturated rings. The number of hydrogen-bond donors (Lipinski definition) is 1. The summed E-state index contributed by atoms with van der Waals surface area (Å²) in [5, 5.41) is 9.06. The first-order chi connectivity index (χ1) is 8.99. The molecule has 0 amide bonds. The van der Waals surface area contributed by atoms with Crippen molar-refractivity contribution >= 4 is 52.6 Å². The normalized spacial score (nSPS) is 10.9. The summed E-state index contributed by atoms with van der Waals surface area (Å²) in [6.45, 7) is 4.08. The van der Waals surface area contributed by atoms with Crippen LogP contribution in [-0.2, 0) is 4.79 Å². The monoisotopic (exact) mass is 282 g/mol. The van der Waals surface area contributed by atoms with Crippen molar-refractivity contribution in [3.63, 3.8) is 0 Å². The molecule has 0 spiro atoms. The summed E-state index contributed by atoms with van der Waals surface area (Å²) in [5.74, 6) is -0.796. The average molecular weight is 282 g/mol. The predicted octanol–water partition coefficient (Wildman–Crippen LogP) is 1.43. The molecule has 0 aliphatic carbocycles. The fourth-order valence-electron chi connectivity index (χ4n) is 1.76. The van der Waals surface area contributed by atoms with Gasteiger partial charge in [0.25, 0.3) is 5.56 Å². The fraction of sp³-hybridized carbons (Fsp3) is 0.214. The molecule has 0 atom stereocenters. The van der Waals surface area contributed by atoms with Gasteiger partial charge < -0.3 is 5.11 Å². The predicted molar refractivity (Wildman–Crippen MR) is 80.2 cm³/mol. The molecule has 0 radical (unpaired) electrons. The number of nitrogens with zero attached hydrogens (tertiary/aromatic N) is 2. The van der Waals surface area contributed by atoms with Crippen molar-refractivity contribution in [3.8, 4) is 0 Å². The van der Waals surface area contributed by atoms with E-state index in [0.717, 1.165) is 11.6 Å². The Balaban J connectivity index is 0.00000200. The van der Waals surface area contributed by atoms with E-state index in [0.29, 0.717) is 16.8 Å². The zero-order chi connectivity index (χ0) is 14.0. The second-order valence-electron chi connectivity index (χ2n) is 4.54. The van der Waals surface area contributed by atoms with Gasteiger partial charge in [-0.2, -0.15) is 0 Å². The molecule has 1 N–H and O–H groups in total. The third-order valence-electron chi connectivity index (χ3n) is 2.85. The molecule has 0 unspecified atom stereocenters. The summed E-state index contributed by atoms with van der Waals surface area (Å²) >= 11 is 0. The van der Waals surface area contributed by atoms with Gasteiger partial charge in [0.2, 0.25) is 0 Å². The van der Waals surface area contributed by atoms with E-state index in [-0.39, 0.29) is 35.1 Å². The fourth-order valence-corrected chi connectivity index (χ4v) is 1.76. The van der Waals surface area contributed by atoms with Gasteiger partial charge in [-0.15, -0.1) is 0 Å². The van der Waals surface area contributed by atoms with Crippen molar-refractivity contribution in [2.24, 2.45) is 0 Å². The first-order valence-corrected chi connectivity index (χ1v) is 5.91. The number of carbonyl (C=O) groups is 1. The molecular weight excluding hydrogens is 267 g/mol. The van der Waals surface area contributed by atoms with Gasteiger partial charge in [-0.25, -0.2) is 9.78 Å². The standard InChI is InChI=1S/C14H14N2O3.Na.H/c1-9(2)10-3-4-12-11(7-10)14(19)16(8-15-12)6-5-13(17)18;;/h3-9H,1-2H3,(H,17,18);;. The zero-order valence-electron chi connectivity index (χ0n) is 10.7. The Bertz CT molecular complexity index is 720. The van der Waals surface area contributed by atoms with Gasteiger partial charge in [0, 0.05) is 12.3 Å². The summed E-state index contributed by atoms with van der Waals surface area (Å²) in [6, 6.07) is 5.55. The molecule has 0 bridgehead atoms. The Kier molecular flexibility index (Phi) is 5.68. The second-order valence-corrected chi connectivity index (χ2v) is 4.54. The van der Waals surface area contributed by atoms with Gasteiger partial charge in [0.05, 0.1) is 10.9 Å². The van der Waals surface area contributed by atoms with Crippen molar-refractivity contribution in [2.75, 3.05) is 0 Å². The van der Waals surface area contributed by atoms with Crippen LogP contribution < -0.4 is 5.56 Å². The van der Waals surface area contributed by atoms with Crippen molar-refractivity contribution in [2.45, 2.75) is 19.8 Å². The van der Waals surface area contributed by atoms with Gasteiger partial charge in [-0.05, 0) is 23.6 Å². The summed E-state index contributed by atoms with van der Waals surface area (Å²) in [7, 11) is 0. The second kappa shape index (κ2) is 6.83. The summed E-state index contributed by atoms with van der Waals surface area (Å²) in [4.78, 5) is 26.8. The van der Waals surface area contributed by atoms with Crippen LogP contribution in [0.4, 0.5) is 0 Å². The van der Waals surface area contributed by atoms with Crippen LogP contribution in [0, 0.1) is 0 Å². The van der Waals surface area contributed by atoms with Gasteiger partial charge in [0.1, 0.15) is 6.33 Å². The average Bonchev–Trinajstić information content (AvgIpc) is 2.37. The maximum atomic E-state index is 12.2. The van der Waals surface area contributed by atoms with E-state index in [1.807, 2.05) is 19.9 Å². The minimum atomic E-state index is -1.11. The molecule has 20 heavy (non-hydrogen) atoms. The van der Waals surface area contributed by atoms with Crippen LogP contribution in [-0.4, -0.2) is 50.2 Å². The Hall–Kier alpha value is -1.43. The molecule has 2 rings (SSSR count). The number of carboxylic acid groups (broad SMARTS) is 1. The maximum absolute atomic E-state index is 12.2. The topological polar surface area (TPSA) is 72.2 Å². The van der Waals surface area contributed by atoms with Gasteiger partial charge in [0.15, 0.2) is 0 Å². The van der Waals surface area contributed by atoms with E-state index in [2.05, 4.69) is 4.98 Å². The quantitative estimate of drug-likeness (QED) is 0.682. The number of fused-ring (bicyclic) bond motifs is 1. The van der Waals surface area contributed by atoms with E-state index in [1.54, 1.807) is 12.1 Å². The van der Waals surface area contributed by atoms with Crippen LogP contribution in [0.3, 0.4) is 0 Å². The van der Waals surface area contributed by atoms with E-state index in [9.17, 15) is 9.59 Å². The zero-order valence-corrected chi connectivity index (χ0v) is 10.7. The molecule has 0 aliphatic heterocycles. The molecule has 0 aliphatic rings. The molecule has 5 nitrogen and oxygen atoms in total. The first kappa shape index (κ1) is 16.6. The molecule has 1 aromatic heterocycles. The minimum absolute atomic E-state index is 0. The van der Waals surface area contributed by atoms with Crippen LogP contribution in [0.15, 0.2) is 35.4 Å². The van der Waals surface area contributed by atoms with Crippen molar-refractivity contribution < 1.29 is 9.90 Å². The molecule has 2 aromatic rings. The molecule has 1 heterocycles. The van der Waals surface area contributed by atoms with E-state index >= 15 is 0 Å². The van der Waals surface area contributed by atoms with E-state index < -0.39 is 5.97 Å². The van der Waals surface area contributed by atoms with Crippen molar-refractivity contribution in [1.82, 2.24) is 9.55 Å². The molecule has 0 saturated heterocycles. The Morgan fingerprint density at radius 1 is 1.40 bits per heavy atom. The Labute approximate surface area is 138 Å². The molecular formula is C14H15N2NaO3. The molecule has 6 heteroatoms. The van der Waals surface area contributed by atoms with E-state index in [4.69, 9.17) is 5.11 Å². The third kappa shape index (κ3) is 3.56. The number of rotatable bonds is 3. The summed E-state index contributed by atoms with van der Waals surface area (Å²) in [5.41, 5.74) is 1.38. The van der Waals surface area contributed by atoms with Crippen molar-refractivity contribution in [3.05, 3.63) is 46.5 Å². The Morgan fingerprint density at radius 3 is 2.70 bits per heavy atom. The number of hydrogen-bond acceptors (Lipinski definition) is 3. The summed E-state index contributed by atoms with van der Waals surface area (Å²) in [6.07, 6.45) is 3.42. The van der Waals surface area contributed by atoms with Crippen molar-refractivity contribution in [1.29, 1.82) is 0 Å². The molecule has 0 saturated carbocycles. The van der Waals surface area contributed by atoms with Gasteiger partial charge in [-0.3, -0.25) is 9.36 Å². The van der Waals surface area contributed by atoms with Gasteiger partial charge in [-0.1, -0.05) is 19.9 Å². The number of aliphatic carboxylic acids is 1. The first-order valence-electron chi connectivity index (χ1n) is 5.91. The number of benzene rings is 1. The van der Waals surface area contributed by atoms with Crippen LogP contribution in [0.25, 0.3) is 17.1 Å². The third-order valence-corrected chi connectivity index (χ3v) is 2.85. The number of carboxylic acids is 1. The SMILES string of the molecule is CC(C)c1ccc2ncn(C=CC(=O)O)c(=O)c2c1.[NaH]. The summed E-state index contributed by atoms with van der Waals surface area (Å²) < 4.78 is 1.17. The molecule has 1 aromatic carbocycles. The van der Waals surface area contributed by atoms with E-state index in [1.165, 1.54) is 17.1 Å². The van der Waals surface area contributed by atoms with Crippen LogP contribution in [0.2, 0.25) is 0 Å². The van der Waals surface area contributed by atoms with Crippen LogP contribution in [0.1, 0.15) is 25.3 Å². The van der Waals surface area contributed by atoms with Crippen LogP contribution in [0.5, 0.6) is 0 Å². The molecule has 100 valence electrons. The number of aromatic nitrogens is 2. The van der Waals surface area contributed by atoms with Crippen LogP contribution >= 0.6 is 0 Å².